The number of hydrogen-bond acceptors (Lipinski definition) is 7. The molecule has 2 atom stereocenters. The highest BCUT2D eigenvalue weighted by Crippen LogP contribution is 2.25. The molecule has 1 aromatic rings. The fourth-order valence-electron chi connectivity index (χ4n) is 3.04. The first kappa shape index (κ1) is 28.5. The van der Waals surface area contributed by atoms with Crippen LogP contribution in [0.15, 0.2) is 36.9 Å². The highest BCUT2D eigenvalue weighted by molar-refractivity contribution is 5.92. The molecule has 0 bridgehead atoms. The van der Waals surface area contributed by atoms with Crippen molar-refractivity contribution in [3.8, 4) is 5.75 Å². The number of phenolic OH excluding ortho intramolecular Hbond substituents is 1. The van der Waals surface area contributed by atoms with E-state index in [1.165, 1.54) is 30.0 Å². The summed E-state index contributed by atoms with van der Waals surface area (Å²) in [7, 11) is 0. The van der Waals surface area contributed by atoms with Crippen LogP contribution in [0, 0.1) is 0 Å². The van der Waals surface area contributed by atoms with Crippen molar-refractivity contribution in [3.05, 3.63) is 42.5 Å². The topological polar surface area (TPSA) is 134 Å². The molecule has 0 heterocycles. The van der Waals surface area contributed by atoms with Crippen LogP contribution in [0.3, 0.4) is 0 Å². The maximum absolute atomic E-state index is 13.3. The van der Waals surface area contributed by atoms with Gasteiger partial charge >= 0.3 is 12.1 Å². The van der Waals surface area contributed by atoms with E-state index in [4.69, 9.17) is 9.47 Å². The number of alkyl carbamates (subject to hydrolysis) is 1. The van der Waals surface area contributed by atoms with Crippen LogP contribution in [0.1, 0.15) is 52.6 Å². The molecular weight excluding hydrogens is 442 g/mol. The number of phenols is 1. The van der Waals surface area contributed by atoms with Crippen molar-refractivity contribution >= 4 is 23.9 Å². The van der Waals surface area contributed by atoms with Gasteiger partial charge in [-0.25, -0.2) is 4.79 Å². The molecule has 1 aromatic carbocycles. The number of carbonyl (C=O) groups excluding carboxylic acids is 4. The predicted molar refractivity (Wildman–Crippen MR) is 126 cm³/mol. The van der Waals surface area contributed by atoms with Crippen LogP contribution < -0.4 is 10.6 Å². The van der Waals surface area contributed by atoms with Gasteiger partial charge in [0.05, 0.1) is 13.0 Å². The zero-order chi connectivity index (χ0) is 25.9. The fraction of sp³-hybridized carbons (Fsp3) is 0.500. The minimum absolute atomic E-state index is 0.00514. The molecule has 0 aliphatic heterocycles. The summed E-state index contributed by atoms with van der Waals surface area (Å²) in [5.74, 6) is -1.70. The molecule has 2 unspecified atom stereocenters. The average Bonchev–Trinajstić information content (AvgIpc) is 2.71. The molecule has 0 radical (unpaired) electrons. The third-order valence-electron chi connectivity index (χ3n) is 4.39. The Hall–Kier alpha value is -3.56. The average molecular weight is 478 g/mol. The molecule has 3 N–H and O–H groups in total. The van der Waals surface area contributed by atoms with Crippen molar-refractivity contribution in [2.45, 2.75) is 58.7 Å². The first-order valence-corrected chi connectivity index (χ1v) is 11.0. The number of rotatable bonds is 11. The summed E-state index contributed by atoms with van der Waals surface area (Å²) in [6.07, 6.45) is 0.623. The zero-order valence-corrected chi connectivity index (χ0v) is 20.4. The Morgan fingerprint density at radius 1 is 1.24 bits per heavy atom. The molecule has 188 valence electrons. The molecule has 0 aromatic heterocycles. The van der Waals surface area contributed by atoms with Crippen molar-refractivity contribution in [1.29, 1.82) is 0 Å². The summed E-state index contributed by atoms with van der Waals surface area (Å²) < 4.78 is 10.1. The van der Waals surface area contributed by atoms with Gasteiger partial charge in [0.2, 0.25) is 11.8 Å². The summed E-state index contributed by atoms with van der Waals surface area (Å²) in [6.45, 7) is 12.1. The standard InChI is InChI=1S/C24H35N3O7/c1-7-14-27(22(31)16(3)26-23(32)34-24(4,5)6)20(17-10-9-11-18(28)15-17)21(30)25-13-12-19(29)33-8-2/h7,9-11,15-16,20,28H,1,8,12-14H2,2-6H3,(H,25,30)(H,26,32). The third kappa shape index (κ3) is 9.51. The van der Waals surface area contributed by atoms with Crippen LogP contribution in [0.25, 0.3) is 0 Å². The molecule has 0 spiro atoms. The monoisotopic (exact) mass is 477 g/mol. The molecule has 0 fully saturated rings. The Balaban J connectivity index is 3.16. The Morgan fingerprint density at radius 2 is 1.91 bits per heavy atom. The molecule has 0 aliphatic rings. The quantitative estimate of drug-likeness (QED) is 0.329. The van der Waals surface area contributed by atoms with Gasteiger partial charge in [-0.2, -0.15) is 0 Å². The second-order valence-corrected chi connectivity index (χ2v) is 8.49. The van der Waals surface area contributed by atoms with Crippen molar-refractivity contribution < 1.29 is 33.8 Å². The van der Waals surface area contributed by atoms with E-state index < -0.39 is 41.6 Å². The third-order valence-corrected chi connectivity index (χ3v) is 4.39. The van der Waals surface area contributed by atoms with Gasteiger partial charge in [-0.3, -0.25) is 14.4 Å². The number of ether oxygens (including phenoxy) is 2. The number of benzene rings is 1. The van der Waals surface area contributed by atoms with E-state index in [9.17, 15) is 24.3 Å². The van der Waals surface area contributed by atoms with Gasteiger partial charge in [-0.05, 0) is 52.3 Å². The van der Waals surface area contributed by atoms with Crippen LogP contribution in [-0.4, -0.2) is 65.2 Å². The van der Waals surface area contributed by atoms with Crippen molar-refractivity contribution in [3.63, 3.8) is 0 Å². The Bertz CT molecular complexity index is 880. The number of hydrogen-bond donors (Lipinski definition) is 3. The Kier molecular flexibility index (Phi) is 11.1. The minimum atomic E-state index is -1.16. The Morgan fingerprint density at radius 3 is 2.47 bits per heavy atom. The molecule has 0 saturated carbocycles. The van der Waals surface area contributed by atoms with Gasteiger partial charge < -0.3 is 30.1 Å². The lowest BCUT2D eigenvalue weighted by molar-refractivity contribution is -0.144. The SMILES string of the molecule is C=CCN(C(=O)C(C)NC(=O)OC(C)(C)C)C(C(=O)NCCC(=O)OCC)c1cccc(O)c1. The van der Waals surface area contributed by atoms with E-state index in [1.54, 1.807) is 39.8 Å². The van der Waals surface area contributed by atoms with Crippen LogP contribution in [-0.2, 0) is 23.9 Å². The maximum Gasteiger partial charge on any atom is 0.408 e. The number of esters is 1. The first-order chi connectivity index (χ1) is 15.9. The summed E-state index contributed by atoms with van der Waals surface area (Å²) >= 11 is 0. The normalized spacial score (nSPS) is 12.6. The number of nitrogens with zero attached hydrogens (tertiary/aromatic N) is 1. The van der Waals surface area contributed by atoms with E-state index in [2.05, 4.69) is 17.2 Å². The zero-order valence-electron chi connectivity index (χ0n) is 20.4. The second kappa shape index (κ2) is 13.2. The van der Waals surface area contributed by atoms with Crippen molar-refractivity contribution in [1.82, 2.24) is 15.5 Å². The molecular formula is C24H35N3O7. The first-order valence-electron chi connectivity index (χ1n) is 11.0. The van der Waals surface area contributed by atoms with E-state index in [0.717, 1.165) is 0 Å². The van der Waals surface area contributed by atoms with Crippen LogP contribution in [0.5, 0.6) is 5.75 Å². The van der Waals surface area contributed by atoms with Gasteiger partial charge in [0.25, 0.3) is 0 Å². The largest absolute Gasteiger partial charge is 0.508 e. The summed E-state index contributed by atoms with van der Waals surface area (Å²) in [6, 6.07) is 3.74. The summed E-state index contributed by atoms with van der Waals surface area (Å²) in [5, 5.41) is 15.1. The lowest BCUT2D eigenvalue weighted by atomic mass is 10.0. The molecule has 3 amide bonds. The predicted octanol–water partition coefficient (Wildman–Crippen LogP) is 2.43. The lowest BCUT2D eigenvalue weighted by Crippen LogP contribution is -2.52. The molecule has 0 aliphatic carbocycles. The van der Waals surface area contributed by atoms with Crippen LogP contribution >= 0.6 is 0 Å². The van der Waals surface area contributed by atoms with Gasteiger partial charge in [0.1, 0.15) is 23.4 Å². The Labute approximate surface area is 200 Å². The van der Waals surface area contributed by atoms with Gasteiger partial charge in [0, 0.05) is 13.1 Å². The van der Waals surface area contributed by atoms with Crippen LogP contribution in [0.2, 0.25) is 0 Å². The second-order valence-electron chi connectivity index (χ2n) is 8.49. The highest BCUT2D eigenvalue weighted by atomic mass is 16.6. The molecule has 1 rings (SSSR count). The van der Waals surface area contributed by atoms with Gasteiger partial charge in [-0.15, -0.1) is 6.58 Å². The van der Waals surface area contributed by atoms with Crippen LogP contribution in [0.4, 0.5) is 4.79 Å². The summed E-state index contributed by atoms with van der Waals surface area (Å²) in [4.78, 5) is 51.4. The van der Waals surface area contributed by atoms with E-state index >= 15 is 0 Å². The fourth-order valence-corrected chi connectivity index (χ4v) is 3.04. The van der Waals surface area contributed by atoms with Crippen molar-refractivity contribution in [2.24, 2.45) is 0 Å². The van der Waals surface area contributed by atoms with Crippen molar-refractivity contribution in [2.75, 3.05) is 19.7 Å². The molecule has 0 saturated heterocycles. The van der Waals surface area contributed by atoms with E-state index in [-0.39, 0.29) is 31.9 Å². The van der Waals surface area contributed by atoms with Gasteiger partial charge in [-0.1, -0.05) is 18.2 Å². The highest BCUT2D eigenvalue weighted by Gasteiger charge is 2.34. The number of nitrogens with one attached hydrogen (secondary N) is 2. The molecule has 10 heteroatoms. The minimum Gasteiger partial charge on any atom is -0.508 e. The van der Waals surface area contributed by atoms with E-state index in [0.29, 0.717) is 5.56 Å². The summed E-state index contributed by atoms with van der Waals surface area (Å²) in [5.41, 5.74) is -0.412. The molecule has 34 heavy (non-hydrogen) atoms. The van der Waals surface area contributed by atoms with Gasteiger partial charge in [0.15, 0.2) is 0 Å². The number of carbonyl (C=O) groups is 4. The van der Waals surface area contributed by atoms with E-state index in [1.807, 2.05) is 0 Å². The number of amides is 3. The smallest absolute Gasteiger partial charge is 0.408 e. The maximum atomic E-state index is 13.3. The number of aromatic hydroxyl groups is 1. The molecule has 10 nitrogen and oxygen atoms in total. The lowest BCUT2D eigenvalue weighted by Gasteiger charge is -2.33.